The molecule has 4 rings (SSSR count). The summed E-state index contributed by atoms with van der Waals surface area (Å²) in [6.45, 7) is 0.869. The van der Waals surface area contributed by atoms with Gasteiger partial charge < -0.3 is 20.9 Å². The number of halogens is 1. The van der Waals surface area contributed by atoms with Gasteiger partial charge in [-0.2, -0.15) is 5.26 Å². The van der Waals surface area contributed by atoms with E-state index < -0.39 is 18.1 Å². The van der Waals surface area contributed by atoms with Gasteiger partial charge in [-0.1, -0.05) is 0 Å². The van der Waals surface area contributed by atoms with Gasteiger partial charge in [0.1, 0.15) is 11.8 Å². The van der Waals surface area contributed by atoms with Gasteiger partial charge in [0, 0.05) is 30.0 Å². The maximum Gasteiger partial charge on any atom is 0.252 e. The fourth-order valence-corrected chi connectivity index (χ4v) is 3.58. The molecule has 2 aromatic heterocycles. The lowest BCUT2D eigenvalue weighted by atomic mass is 10.0. The number of hydrogen-bond donors (Lipinski definition) is 3. The van der Waals surface area contributed by atoms with E-state index in [1.165, 1.54) is 6.20 Å². The molecule has 1 amide bonds. The smallest absolute Gasteiger partial charge is 0.252 e. The maximum absolute atomic E-state index is 15.0. The van der Waals surface area contributed by atoms with Crippen LogP contribution in [0.5, 0.6) is 0 Å². The van der Waals surface area contributed by atoms with Gasteiger partial charge >= 0.3 is 0 Å². The van der Waals surface area contributed by atoms with Crippen molar-refractivity contribution < 1.29 is 9.18 Å². The number of pyridine rings is 1. The van der Waals surface area contributed by atoms with E-state index in [0.29, 0.717) is 35.2 Å². The summed E-state index contributed by atoms with van der Waals surface area (Å²) in [7, 11) is 0. The summed E-state index contributed by atoms with van der Waals surface area (Å²) in [6, 6.07) is 10.5. The molecule has 0 aliphatic carbocycles. The Balaban J connectivity index is 1.54. The van der Waals surface area contributed by atoms with Crippen LogP contribution < -0.4 is 16.0 Å². The number of H-pyrrole nitrogens is 1. The maximum atomic E-state index is 15.0. The molecular formula is C20H19FN6O. The molecule has 1 aliphatic heterocycles. The van der Waals surface area contributed by atoms with Crippen LogP contribution >= 0.6 is 0 Å². The predicted octanol–water partition coefficient (Wildman–Crippen LogP) is 2.56. The van der Waals surface area contributed by atoms with Crippen molar-refractivity contribution in [3.05, 3.63) is 53.9 Å². The molecule has 7 nitrogen and oxygen atoms in total. The molecule has 1 aliphatic rings. The zero-order valence-corrected chi connectivity index (χ0v) is 15.0. The van der Waals surface area contributed by atoms with Crippen molar-refractivity contribution in [2.45, 2.75) is 18.6 Å². The Morgan fingerprint density at radius 2 is 2.14 bits per heavy atom. The predicted molar refractivity (Wildman–Crippen MR) is 105 cm³/mol. The quantitative estimate of drug-likeness (QED) is 0.646. The standard InChI is InChI=1S/C20H19FN6O/c21-16-11-27(13-3-1-12(9-22)2-4-13)8-6-17(16)26-18-14-5-7-24-20(14)25-10-15(18)19(23)28/h1-5,7,10,16-17H,6,8,11H2,(H2,23,28)(H2,24,25,26)/t16-,17+/m1/s1. The number of benzene rings is 1. The Morgan fingerprint density at radius 3 is 2.82 bits per heavy atom. The fraction of sp³-hybridized carbons (Fsp3) is 0.250. The van der Waals surface area contributed by atoms with Crippen LogP contribution in [0.3, 0.4) is 0 Å². The number of aromatic nitrogens is 2. The van der Waals surface area contributed by atoms with Crippen molar-refractivity contribution in [2.24, 2.45) is 5.73 Å². The molecule has 0 saturated carbocycles. The molecule has 2 atom stereocenters. The number of fused-ring (bicyclic) bond motifs is 1. The summed E-state index contributed by atoms with van der Waals surface area (Å²) >= 11 is 0. The highest BCUT2D eigenvalue weighted by Crippen LogP contribution is 2.29. The van der Waals surface area contributed by atoms with Crippen molar-refractivity contribution >= 4 is 28.3 Å². The topological polar surface area (TPSA) is 111 Å². The highest BCUT2D eigenvalue weighted by atomic mass is 19.1. The number of amides is 1. The molecule has 1 fully saturated rings. The van der Waals surface area contributed by atoms with Gasteiger partial charge in [-0.25, -0.2) is 9.37 Å². The number of primary amides is 1. The third-order valence-electron chi connectivity index (χ3n) is 5.08. The lowest BCUT2D eigenvalue weighted by molar-refractivity contribution is 0.100. The van der Waals surface area contributed by atoms with Crippen LogP contribution in [0.4, 0.5) is 15.8 Å². The van der Waals surface area contributed by atoms with Crippen molar-refractivity contribution in [1.82, 2.24) is 9.97 Å². The van der Waals surface area contributed by atoms with E-state index in [2.05, 4.69) is 21.4 Å². The van der Waals surface area contributed by atoms with Crippen LogP contribution in [0.15, 0.2) is 42.7 Å². The Morgan fingerprint density at radius 1 is 1.36 bits per heavy atom. The number of nitrogens with two attached hydrogens (primary N) is 1. The van der Waals surface area contributed by atoms with E-state index in [-0.39, 0.29) is 12.1 Å². The summed E-state index contributed by atoms with van der Waals surface area (Å²) in [4.78, 5) is 20.9. The first-order valence-corrected chi connectivity index (χ1v) is 8.98. The van der Waals surface area contributed by atoms with Crippen LogP contribution in [-0.4, -0.2) is 41.2 Å². The minimum Gasteiger partial charge on any atom is -0.378 e. The highest BCUT2D eigenvalue weighted by Gasteiger charge is 2.30. The van der Waals surface area contributed by atoms with Gasteiger partial charge in [-0.3, -0.25) is 4.79 Å². The summed E-state index contributed by atoms with van der Waals surface area (Å²) < 4.78 is 15.0. The molecule has 1 aromatic carbocycles. The van der Waals surface area contributed by atoms with Gasteiger partial charge in [0.25, 0.3) is 5.91 Å². The van der Waals surface area contributed by atoms with E-state index in [0.717, 1.165) is 5.69 Å². The third kappa shape index (κ3) is 3.22. The fourth-order valence-electron chi connectivity index (χ4n) is 3.58. The van der Waals surface area contributed by atoms with E-state index in [9.17, 15) is 9.18 Å². The SMILES string of the molecule is N#Cc1ccc(N2CC[C@H](Nc3c(C(N)=O)cnc4[nH]ccc34)[C@H](F)C2)cc1. The summed E-state index contributed by atoms with van der Waals surface area (Å²) in [5.41, 5.74) is 8.31. The number of nitrogens with zero attached hydrogens (tertiary/aromatic N) is 3. The van der Waals surface area contributed by atoms with Crippen molar-refractivity contribution in [3.63, 3.8) is 0 Å². The first kappa shape index (κ1) is 17.8. The lowest BCUT2D eigenvalue weighted by Gasteiger charge is -2.37. The molecule has 8 heteroatoms. The van der Waals surface area contributed by atoms with E-state index in [1.807, 2.05) is 17.0 Å². The van der Waals surface area contributed by atoms with Gasteiger partial charge in [0.15, 0.2) is 0 Å². The van der Waals surface area contributed by atoms with Crippen LogP contribution in [0.2, 0.25) is 0 Å². The molecule has 0 bridgehead atoms. The van der Waals surface area contributed by atoms with E-state index in [4.69, 9.17) is 11.0 Å². The van der Waals surface area contributed by atoms with Crippen molar-refractivity contribution in [2.75, 3.05) is 23.3 Å². The number of nitrogens with one attached hydrogen (secondary N) is 2. The molecule has 0 unspecified atom stereocenters. The molecule has 4 N–H and O–H groups in total. The molecule has 3 heterocycles. The molecule has 28 heavy (non-hydrogen) atoms. The zero-order valence-electron chi connectivity index (χ0n) is 15.0. The van der Waals surface area contributed by atoms with Crippen LogP contribution in [0.25, 0.3) is 11.0 Å². The van der Waals surface area contributed by atoms with Crippen LogP contribution in [-0.2, 0) is 0 Å². The Labute approximate surface area is 161 Å². The molecular weight excluding hydrogens is 359 g/mol. The molecule has 1 saturated heterocycles. The van der Waals surface area contributed by atoms with Gasteiger partial charge in [0.2, 0.25) is 0 Å². The number of hydrogen-bond acceptors (Lipinski definition) is 5. The molecule has 0 spiro atoms. The number of anilines is 2. The first-order valence-electron chi connectivity index (χ1n) is 8.98. The number of carbonyl (C=O) groups is 1. The number of rotatable bonds is 4. The van der Waals surface area contributed by atoms with Gasteiger partial charge in [0.05, 0.1) is 35.5 Å². The summed E-state index contributed by atoms with van der Waals surface area (Å²) in [5, 5.41) is 12.8. The number of alkyl halides is 1. The largest absolute Gasteiger partial charge is 0.378 e. The van der Waals surface area contributed by atoms with Crippen LogP contribution in [0.1, 0.15) is 22.3 Å². The number of aromatic amines is 1. The monoisotopic (exact) mass is 378 g/mol. The van der Waals surface area contributed by atoms with Crippen molar-refractivity contribution in [3.8, 4) is 6.07 Å². The second-order valence-corrected chi connectivity index (χ2v) is 6.81. The first-order chi connectivity index (χ1) is 13.6. The van der Waals surface area contributed by atoms with E-state index in [1.54, 1.807) is 24.4 Å². The van der Waals surface area contributed by atoms with Crippen LogP contribution in [0, 0.1) is 11.3 Å². The Kier molecular flexibility index (Phi) is 4.57. The second-order valence-electron chi connectivity index (χ2n) is 6.81. The number of nitriles is 1. The zero-order chi connectivity index (χ0) is 19.7. The third-order valence-corrected chi connectivity index (χ3v) is 5.08. The van der Waals surface area contributed by atoms with E-state index >= 15 is 0 Å². The minimum absolute atomic E-state index is 0.219. The van der Waals surface area contributed by atoms with Gasteiger partial charge in [-0.15, -0.1) is 0 Å². The molecule has 0 radical (unpaired) electrons. The number of piperidine rings is 1. The van der Waals surface area contributed by atoms with Crippen molar-refractivity contribution in [1.29, 1.82) is 5.26 Å². The highest BCUT2D eigenvalue weighted by molar-refractivity contribution is 6.06. The lowest BCUT2D eigenvalue weighted by Crippen LogP contribution is -2.48. The summed E-state index contributed by atoms with van der Waals surface area (Å²) in [6.07, 6.45) is 2.52. The molecule has 142 valence electrons. The number of carbonyl (C=O) groups excluding carboxylic acids is 1. The minimum atomic E-state index is -1.15. The molecule has 3 aromatic rings. The Hall–Kier alpha value is -3.60. The Bertz CT molecular complexity index is 1050. The normalized spacial score (nSPS) is 19.4. The summed E-state index contributed by atoms with van der Waals surface area (Å²) in [5.74, 6) is -0.608. The average Bonchev–Trinajstić information content (AvgIpc) is 3.18. The van der Waals surface area contributed by atoms with Gasteiger partial charge in [-0.05, 0) is 36.8 Å². The average molecular weight is 378 g/mol. The second kappa shape index (κ2) is 7.19.